The van der Waals surface area contributed by atoms with Crippen LogP contribution in [0.15, 0.2) is 18.2 Å². The number of carboxylic acids is 1. The smallest absolute Gasteiger partial charge is 0.309 e. The van der Waals surface area contributed by atoms with Crippen LogP contribution in [0.4, 0.5) is 0 Å². The molecule has 1 aromatic carbocycles. The molecule has 0 saturated heterocycles. The number of aryl methyl sites for hydroxylation is 4. The predicted molar refractivity (Wildman–Crippen MR) is 73.9 cm³/mol. The van der Waals surface area contributed by atoms with E-state index < -0.39 is 5.97 Å². The summed E-state index contributed by atoms with van der Waals surface area (Å²) in [5, 5.41) is 9.04. The number of carbonyl (C=O) groups is 1. The molecule has 0 bridgehead atoms. The highest BCUT2D eigenvalue weighted by atomic mass is 16.4. The molecule has 0 unspecified atom stereocenters. The minimum atomic E-state index is -0.839. The van der Waals surface area contributed by atoms with Gasteiger partial charge < -0.3 is 9.67 Å². The van der Waals surface area contributed by atoms with E-state index in [1.807, 2.05) is 44.4 Å². The predicted octanol–water partition coefficient (Wildman–Crippen LogP) is 2.73. The largest absolute Gasteiger partial charge is 0.481 e. The third kappa shape index (κ3) is 2.67. The van der Waals surface area contributed by atoms with Gasteiger partial charge in [0.25, 0.3) is 0 Å². The Morgan fingerprint density at radius 1 is 1.16 bits per heavy atom. The number of aromatic nitrogens is 2. The first-order valence-electron chi connectivity index (χ1n) is 6.23. The molecule has 0 amide bonds. The zero-order chi connectivity index (χ0) is 14.2. The van der Waals surface area contributed by atoms with Gasteiger partial charge in [0.15, 0.2) is 0 Å². The van der Waals surface area contributed by atoms with Crippen molar-refractivity contribution in [2.24, 2.45) is 0 Å². The molecule has 0 aliphatic heterocycles. The maximum atomic E-state index is 11.0. The minimum Gasteiger partial charge on any atom is -0.481 e. The highest BCUT2D eigenvalue weighted by molar-refractivity contribution is 5.70. The summed E-state index contributed by atoms with van der Waals surface area (Å²) < 4.78 is 1.93. The molecule has 1 heterocycles. The van der Waals surface area contributed by atoms with Crippen molar-refractivity contribution >= 4 is 5.97 Å². The van der Waals surface area contributed by atoms with E-state index in [4.69, 9.17) is 5.11 Å². The van der Waals surface area contributed by atoms with Crippen LogP contribution in [0.5, 0.6) is 0 Å². The van der Waals surface area contributed by atoms with Crippen molar-refractivity contribution in [2.45, 2.75) is 34.1 Å². The molecular formula is C15H18N2O2. The summed E-state index contributed by atoms with van der Waals surface area (Å²) in [6.45, 7) is 7.82. The van der Waals surface area contributed by atoms with E-state index in [0.29, 0.717) is 0 Å². The van der Waals surface area contributed by atoms with E-state index in [1.165, 1.54) is 0 Å². The number of carboxylic acid groups (broad SMARTS) is 1. The van der Waals surface area contributed by atoms with Gasteiger partial charge in [0.1, 0.15) is 5.82 Å². The van der Waals surface area contributed by atoms with Crippen LogP contribution in [0, 0.1) is 27.7 Å². The Balaban J connectivity index is 2.63. The molecule has 0 spiro atoms. The Bertz CT molecular complexity index is 622. The Labute approximate surface area is 112 Å². The fourth-order valence-electron chi connectivity index (χ4n) is 2.49. The van der Waals surface area contributed by atoms with Gasteiger partial charge in [-0.2, -0.15) is 0 Å². The molecule has 0 saturated carbocycles. The molecule has 0 atom stereocenters. The van der Waals surface area contributed by atoms with E-state index in [1.54, 1.807) is 0 Å². The molecule has 0 aliphatic carbocycles. The lowest BCUT2D eigenvalue weighted by atomic mass is 10.1. The SMILES string of the molecule is Cc1cc(C)cc(-n2c(C)nc(C)c2CC(=O)O)c1. The van der Waals surface area contributed by atoms with Gasteiger partial charge in [0, 0.05) is 5.69 Å². The minimum absolute atomic E-state index is 0.0142. The zero-order valence-corrected chi connectivity index (χ0v) is 11.7. The first kappa shape index (κ1) is 13.3. The summed E-state index contributed by atoms with van der Waals surface area (Å²) in [4.78, 5) is 15.4. The lowest BCUT2D eigenvalue weighted by molar-refractivity contribution is -0.136. The Morgan fingerprint density at radius 2 is 1.74 bits per heavy atom. The van der Waals surface area contributed by atoms with Gasteiger partial charge in [-0.25, -0.2) is 4.98 Å². The summed E-state index contributed by atoms with van der Waals surface area (Å²) in [6.07, 6.45) is -0.0142. The summed E-state index contributed by atoms with van der Waals surface area (Å²) >= 11 is 0. The van der Waals surface area contributed by atoms with Crippen LogP contribution in [0.25, 0.3) is 5.69 Å². The van der Waals surface area contributed by atoms with Gasteiger partial charge in [0.05, 0.1) is 17.8 Å². The summed E-state index contributed by atoms with van der Waals surface area (Å²) in [7, 11) is 0. The fourth-order valence-corrected chi connectivity index (χ4v) is 2.49. The number of imidazole rings is 1. The van der Waals surface area contributed by atoms with Gasteiger partial charge in [-0.3, -0.25) is 4.79 Å². The Hall–Kier alpha value is -2.10. The van der Waals surface area contributed by atoms with E-state index in [2.05, 4.69) is 11.1 Å². The van der Waals surface area contributed by atoms with Gasteiger partial charge in [-0.05, 0) is 51.0 Å². The zero-order valence-electron chi connectivity index (χ0n) is 11.7. The number of benzene rings is 1. The van der Waals surface area contributed by atoms with E-state index in [9.17, 15) is 4.79 Å². The average Bonchev–Trinajstić information content (AvgIpc) is 2.51. The maximum Gasteiger partial charge on any atom is 0.309 e. The number of hydrogen-bond acceptors (Lipinski definition) is 2. The molecular weight excluding hydrogens is 240 g/mol. The first-order chi connectivity index (χ1) is 8.88. The summed E-state index contributed by atoms with van der Waals surface area (Å²) in [5.74, 6) is -0.0209. The van der Waals surface area contributed by atoms with E-state index >= 15 is 0 Å². The number of rotatable bonds is 3. The average molecular weight is 258 g/mol. The third-order valence-corrected chi connectivity index (χ3v) is 3.12. The van der Waals surface area contributed by atoms with Crippen LogP contribution < -0.4 is 0 Å². The van der Waals surface area contributed by atoms with Crippen molar-refractivity contribution in [3.05, 3.63) is 46.5 Å². The van der Waals surface area contributed by atoms with Crippen LogP contribution >= 0.6 is 0 Å². The summed E-state index contributed by atoms with van der Waals surface area (Å²) in [6, 6.07) is 6.19. The second-order valence-electron chi connectivity index (χ2n) is 4.94. The van der Waals surface area contributed by atoms with Crippen molar-refractivity contribution in [3.8, 4) is 5.69 Å². The van der Waals surface area contributed by atoms with Crippen LogP contribution in [-0.4, -0.2) is 20.6 Å². The topological polar surface area (TPSA) is 55.1 Å². The third-order valence-electron chi connectivity index (χ3n) is 3.12. The van der Waals surface area contributed by atoms with E-state index in [-0.39, 0.29) is 6.42 Å². The van der Waals surface area contributed by atoms with Crippen LogP contribution in [0.2, 0.25) is 0 Å². The monoisotopic (exact) mass is 258 g/mol. The highest BCUT2D eigenvalue weighted by Gasteiger charge is 2.16. The van der Waals surface area contributed by atoms with Crippen LogP contribution in [0.3, 0.4) is 0 Å². The second-order valence-corrected chi connectivity index (χ2v) is 4.94. The number of nitrogens with zero attached hydrogens (tertiary/aromatic N) is 2. The Morgan fingerprint density at radius 3 is 2.26 bits per heavy atom. The van der Waals surface area contributed by atoms with Gasteiger partial charge >= 0.3 is 5.97 Å². The molecule has 4 heteroatoms. The van der Waals surface area contributed by atoms with Crippen molar-refractivity contribution < 1.29 is 9.90 Å². The van der Waals surface area contributed by atoms with Crippen molar-refractivity contribution in [2.75, 3.05) is 0 Å². The molecule has 2 aromatic rings. The fraction of sp³-hybridized carbons (Fsp3) is 0.333. The molecule has 1 N–H and O–H groups in total. The second kappa shape index (κ2) is 4.88. The van der Waals surface area contributed by atoms with Crippen molar-refractivity contribution in [1.29, 1.82) is 0 Å². The van der Waals surface area contributed by atoms with Crippen LogP contribution in [0.1, 0.15) is 28.3 Å². The molecule has 1 aromatic heterocycles. The summed E-state index contributed by atoms with van der Waals surface area (Å²) in [5.41, 5.74) is 4.81. The van der Waals surface area contributed by atoms with Gasteiger partial charge in [-0.1, -0.05) is 6.07 Å². The first-order valence-corrected chi connectivity index (χ1v) is 6.23. The molecule has 100 valence electrons. The van der Waals surface area contributed by atoms with Crippen LogP contribution in [-0.2, 0) is 11.2 Å². The van der Waals surface area contributed by atoms with E-state index in [0.717, 1.165) is 34.0 Å². The standard InChI is InChI=1S/C15H18N2O2/c1-9-5-10(2)7-13(6-9)17-12(4)16-11(3)14(17)8-15(18)19/h5-7H,8H2,1-4H3,(H,18,19). The van der Waals surface area contributed by atoms with Gasteiger partial charge in [-0.15, -0.1) is 0 Å². The molecule has 19 heavy (non-hydrogen) atoms. The normalized spacial score (nSPS) is 10.7. The van der Waals surface area contributed by atoms with Gasteiger partial charge in [0.2, 0.25) is 0 Å². The molecule has 4 nitrogen and oxygen atoms in total. The van der Waals surface area contributed by atoms with Crippen molar-refractivity contribution in [1.82, 2.24) is 9.55 Å². The lowest BCUT2D eigenvalue weighted by Crippen LogP contribution is -2.09. The van der Waals surface area contributed by atoms with Crippen molar-refractivity contribution in [3.63, 3.8) is 0 Å². The maximum absolute atomic E-state index is 11.0. The molecule has 2 rings (SSSR count). The Kier molecular flexibility index (Phi) is 3.42. The number of aliphatic carboxylic acids is 1. The molecule has 0 fully saturated rings. The molecule has 0 radical (unpaired) electrons. The highest BCUT2D eigenvalue weighted by Crippen LogP contribution is 2.21. The quantitative estimate of drug-likeness (QED) is 0.921. The number of hydrogen-bond donors (Lipinski definition) is 1. The lowest BCUT2D eigenvalue weighted by Gasteiger charge is -2.11. The molecule has 0 aliphatic rings.